The zero-order valence-corrected chi connectivity index (χ0v) is 16.1. The Kier molecular flexibility index (Phi) is 5.19. The minimum atomic E-state index is -0.523. The van der Waals surface area contributed by atoms with Crippen LogP contribution in [0.1, 0.15) is 36.8 Å². The maximum atomic E-state index is 13.1. The van der Waals surface area contributed by atoms with Gasteiger partial charge in [0, 0.05) is 18.9 Å². The van der Waals surface area contributed by atoms with Crippen LogP contribution in [0.2, 0.25) is 0 Å². The van der Waals surface area contributed by atoms with Crippen LogP contribution in [-0.2, 0) is 20.8 Å². The third kappa shape index (κ3) is 3.60. The highest BCUT2D eigenvalue weighted by Gasteiger charge is 2.43. The van der Waals surface area contributed by atoms with Crippen molar-refractivity contribution < 1.29 is 14.4 Å². The van der Waals surface area contributed by atoms with E-state index in [0.29, 0.717) is 32.4 Å². The maximum Gasteiger partial charge on any atom is 0.227 e. The Hall–Kier alpha value is -1.92. The summed E-state index contributed by atoms with van der Waals surface area (Å²) in [5.41, 5.74) is 3.54. The van der Waals surface area contributed by atoms with Crippen molar-refractivity contribution in [3.63, 3.8) is 0 Å². The van der Waals surface area contributed by atoms with E-state index in [9.17, 15) is 14.4 Å². The van der Waals surface area contributed by atoms with E-state index in [4.69, 9.17) is 0 Å². The first-order chi connectivity index (χ1) is 13.0. The Morgan fingerprint density at radius 2 is 2.00 bits per heavy atom. The molecule has 1 aromatic rings. The molecule has 0 spiro atoms. The fourth-order valence-corrected chi connectivity index (χ4v) is 4.91. The summed E-state index contributed by atoms with van der Waals surface area (Å²) >= 11 is 3.91. The molecule has 0 saturated carbocycles. The first kappa shape index (κ1) is 18.4. The molecule has 1 aliphatic carbocycles. The van der Waals surface area contributed by atoms with Gasteiger partial charge in [-0.25, -0.2) is 0 Å². The monoisotopic (exact) mass is 384 g/mol. The molecule has 2 fully saturated rings. The molecule has 4 rings (SSSR count). The average molecular weight is 385 g/mol. The van der Waals surface area contributed by atoms with Gasteiger partial charge in [-0.2, -0.15) is 0 Å². The van der Waals surface area contributed by atoms with Crippen molar-refractivity contribution in [2.45, 2.75) is 44.2 Å². The summed E-state index contributed by atoms with van der Waals surface area (Å²) in [5.74, 6) is -0.338. The SMILES string of the molecule is O=C(S)[C@H]1NCCC1C(=O)[C@@H]1CCCN1C(=O)CC1=Cc2ccccc2C1. The van der Waals surface area contributed by atoms with Gasteiger partial charge in [-0.15, -0.1) is 12.6 Å². The number of hydrogen-bond acceptors (Lipinski definition) is 4. The van der Waals surface area contributed by atoms with Crippen LogP contribution in [0.4, 0.5) is 0 Å². The fourth-order valence-electron chi connectivity index (χ4n) is 4.64. The van der Waals surface area contributed by atoms with Crippen LogP contribution in [-0.4, -0.2) is 46.9 Å². The molecule has 5 nitrogen and oxygen atoms in total. The van der Waals surface area contributed by atoms with E-state index >= 15 is 0 Å². The molecule has 1 N–H and O–H groups in total. The summed E-state index contributed by atoms with van der Waals surface area (Å²) < 4.78 is 0. The zero-order valence-electron chi connectivity index (χ0n) is 15.2. The van der Waals surface area contributed by atoms with Crippen LogP contribution in [0.25, 0.3) is 6.08 Å². The lowest BCUT2D eigenvalue weighted by Gasteiger charge is -2.27. The number of Topliss-reactive ketones (excluding diaryl/α,β-unsaturated/α-hetero) is 1. The summed E-state index contributed by atoms with van der Waals surface area (Å²) in [6.45, 7) is 1.26. The number of fused-ring (bicyclic) bond motifs is 1. The summed E-state index contributed by atoms with van der Waals surface area (Å²) in [7, 11) is 0. The van der Waals surface area contributed by atoms with E-state index in [1.54, 1.807) is 4.90 Å². The fraction of sp³-hybridized carbons (Fsp3) is 0.476. The summed E-state index contributed by atoms with van der Waals surface area (Å²) in [6.07, 6.45) is 5.41. The summed E-state index contributed by atoms with van der Waals surface area (Å²) in [5, 5.41) is 2.77. The zero-order chi connectivity index (χ0) is 19.0. The number of ketones is 1. The molecular formula is C21H24N2O3S. The number of nitrogens with one attached hydrogen (secondary N) is 1. The molecule has 1 aromatic carbocycles. The Morgan fingerprint density at radius 1 is 1.19 bits per heavy atom. The molecule has 0 radical (unpaired) electrons. The Bertz CT molecular complexity index is 819. The molecular weight excluding hydrogens is 360 g/mol. The molecule has 6 heteroatoms. The van der Waals surface area contributed by atoms with Gasteiger partial charge < -0.3 is 10.2 Å². The number of nitrogens with zero attached hydrogens (tertiary/aromatic N) is 1. The van der Waals surface area contributed by atoms with Gasteiger partial charge in [-0.3, -0.25) is 14.4 Å². The normalized spacial score (nSPS) is 26.8. The Balaban J connectivity index is 1.43. The van der Waals surface area contributed by atoms with Crippen molar-refractivity contribution in [2.24, 2.45) is 5.92 Å². The van der Waals surface area contributed by atoms with Gasteiger partial charge in [-0.05, 0) is 43.4 Å². The summed E-state index contributed by atoms with van der Waals surface area (Å²) in [6, 6.07) is 7.25. The first-order valence-electron chi connectivity index (χ1n) is 9.61. The Morgan fingerprint density at radius 3 is 2.78 bits per heavy atom. The van der Waals surface area contributed by atoms with Crippen LogP contribution >= 0.6 is 12.6 Å². The van der Waals surface area contributed by atoms with E-state index in [1.165, 1.54) is 11.1 Å². The standard InChI is InChI=1S/C21H24N2O3S/c24-18(12-13-10-14-4-1-2-5-15(14)11-13)23-9-3-6-17(23)20(25)16-7-8-22-19(16)21(26)27/h1-2,4-5,10,16-17,19,22H,3,6-9,11-12H2,(H,26,27)/t16?,17-,19-/m0/s1. The van der Waals surface area contributed by atoms with Crippen LogP contribution in [0, 0.1) is 5.92 Å². The smallest absolute Gasteiger partial charge is 0.227 e. The average Bonchev–Trinajstić information content (AvgIpc) is 3.38. The van der Waals surface area contributed by atoms with E-state index in [-0.39, 0.29) is 22.7 Å². The van der Waals surface area contributed by atoms with Crippen molar-refractivity contribution in [3.8, 4) is 0 Å². The van der Waals surface area contributed by atoms with Crippen LogP contribution < -0.4 is 5.32 Å². The molecule has 142 valence electrons. The number of hydrogen-bond donors (Lipinski definition) is 2. The van der Waals surface area contributed by atoms with Gasteiger partial charge >= 0.3 is 0 Å². The third-order valence-corrected chi connectivity index (χ3v) is 6.24. The highest BCUT2D eigenvalue weighted by Crippen LogP contribution is 2.30. The minimum absolute atomic E-state index is 0.0157. The number of carbonyl (C=O) groups excluding carboxylic acids is 3. The molecule has 27 heavy (non-hydrogen) atoms. The van der Waals surface area contributed by atoms with E-state index in [1.807, 2.05) is 12.1 Å². The highest BCUT2D eigenvalue weighted by atomic mass is 32.1. The number of carbonyl (C=O) groups is 3. The number of rotatable bonds is 5. The molecule has 1 amide bonds. The Labute approximate surface area is 164 Å². The topological polar surface area (TPSA) is 66.5 Å². The lowest BCUT2D eigenvalue weighted by molar-refractivity contribution is -0.139. The molecule has 1 unspecified atom stereocenters. The van der Waals surface area contributed by atoms with Gasteiger partial charge in [0.2, 0.25) is 11.0 Å². The lowest BCUT2D eigenvalue weighted by atomic mass is 9.90. The summed E-state index contributed by atoms with van der Waals surface area (Å²) in [4.78, 5) is 39.4. The van der Waals surface area contributed by atoms with Crippen LogP contribution in [0.3, 0.4) is 0 Å². The van der Waals surface area contributed by atoms with Gasteiger partial charge in [-0.1, -0.05) is 35.9 Å². The van der Waals surface area contributed by atoms with Crippen molar-refractivity contribution in [3.05, 3.63) is 41.0 Å². The maximum absolute atomic E-state index is 13.1. The second kappa shape index (κ2) is 7.60. The molecule has 0 aromatic heterocycles. The molecule has 2 aliphatic heterocycles. The van der Waals surface area contributed by atoms with Crippen molar-refractivity contribution >= 4 is 35.5 Å². The van der Waals surface area contributed by atoms with Gasteiger partial charge in [0.1, 0.15) is 0 Å². The number of thiol groups is 1. The molecule has 2 heterocycles. The second-order valence-corrected chi connectivity index (χ2v) is 8.11. The van der Waals surface area contributed by atoms with Crippen molar-refractivity contribution in [1.29, 1.82) is 0 Å². The van der Waals surface area contributed by atoms with E-state index < -0.39 is 12.1 Å². The predicted molar refractivity (Wildman–Crippen MR) is 106 cm³/mol. The molecule has 0 bridgehead atoms. The molecule has 2 saturated heterocycles. The van der Waals surface area contributed by atoms with Crippen LogP contribution in [0.5, 0.6) is 0 Å². The highest BCUT2D eigenvalue weighted by molar-refractivity contribution is 7.96. The van der Waals surface area contributed by atoms with Gasteiger partial charge in [0.05, 0.1) is 12.1 Å². The van der Waals surface area contributed by atoms with E-state index in [2.05, 4.69) is 36.2 Å². The van der Waals surface area contributed by atoms with E-state index in [0.717, 1.165) is 18.4 Å². The minimum Gasteiger partial charge on any atom is -0.332 e. The molecule has 3 aliphatic rings. The quantitative estimate of drug-likeness (QED) is 0.762. The van der Waals surface area contributed by atoms with Gasteiger partial charge in [0.15, 0.2) is 5.78 Å². The van der Waals surface area contributed by atoms with Crippen molar-refractivity contribution in [2.75, 3.05) is 13.1 Å². The van der Waals surface area contributed by atoms with Crippen molar-refractivity contribution in [1.82, 2.24) is 10.2 Å². The van der Waals surface area contributed by atoms with Crippen LogP contribution in [0.15, 0.2) is 29.8 Å². The lowest BCUT2D eigenvalue weighted by Crippen LogP contribution is -2.46. The number of amides is 1. The number of likely N-dealkylation sites (tertiary alicyclic amines) is 1. The molecule has 3 atom stereocenters. The second-order valence-electron chi connectivity index (χ2n) is 7.67. The largest absolute Gasteiger partial charge is 0.332 e. The number of benzene rings is 1. The predicted octanol–water partition coefficient (Wildman–Crippen LogP) is 2.01. The first-order valence-corrected chi connectivity index (χ1v) is 10.1. The van der Waals surface area contributed by atoms with Gasteiger partial charge in [0.25, 0.3) is 0 Å². The third-order valence-electron chi connectivity index (χ3n) is 5.97.